The van der Waals surface area contributed by atoms with Crippen molar-refractivity contribution < 1.29 is 22.7 Å². The molecule has 8 nitrogen and oxygen atoms in total. The molecule has 140 valence electrons. The largest absolute Gasteiger partial charge is 0.497 e. The molecule has 0 saturated heterocycles. The highest BCUT2D eigenvalue weighted by molar-refractivity contribution is 7.89. The van der Waals surface area contributed by atoms with Crippen molar-refractivity contribution in [2.75, 3.05) is 26.7 Å². The first-order valence-electron chi connectivity index (χ1n) is 7.97. The van der Waals surface area contributed by atoms with Gasteiger partial charge in [-0.05, 0) is 45.0 Å². The zero-order valence-electron chi connectivity index (χ0n) is 14.9. The van der Waals surface area contributed by atoms with Crippen LogP contribution in [0, 0.1) is 0 Å². The van der Waals surface area contributed by atoms with E-state index in [2.05, 4.69) is 10.0 Å². The van der Waals surface area contributed by atoms with Crippen molar-refractivity contribution in [1.29, 1.82) is 0 Å². The Balaban J connectivity index is 2.81. The number of amides is 2. The van der Waals surface area contributed by atoms with E-state index in [9.17, 15) is 18.0 Å². The van der Waals surface area contributed by atoms with E-state index in [1.54, 1.807) is 13.8 Å². The van der Waals surface area contributed by atoms with Gasteiger partial charge in [0.05, 0.1) is 24.6 Å². The Morgan fingerprint density at radius 3 is 2.28 bits per heavy atom. The molecular formula is C16H25N3O5S. The zero-order valence-corrected chi connectivity index (χ0v) is 15.7. The van der Waals surface area contributed by atoms with Gasteiger partial charge in [0.25, 0.3) is 0 Å². The molecule has 2 amide bonds. The number of hydrogen-bond acceptors (Lipinski definition) is 5. The number of sulfonamides is 1. The van der Waals surface area contributed by atoms with Gasteiger partial charge in [-0.2, -0.15) is 4.72 Å². The number of carbonyl (C=O) groups excluding carboxylic acids is 2. The molecule has 0 fully saturated rings. The highest BCUT2D eigenvalue weighted by Crippen LogP contribution is 2.15. The van der Waals surface area contributed by atoms with Crippen LogP contribution in [0.5, 0.6) is 5.75 Å². The van der Waals surface area contributed by atoms with Gasteiger partial charge in [0.1, 0.15) is 5.75 Å². The van der Waals surface area contributed by atoms with E-state index in [0.717, 1.165) is 0 Å². The number of likely N-dealkylation sites (N-methyl/N-ethyl adjacent to an activating group) is 2. The summed E-state index contributed by atoms with van der Waals surface area (Å²) in [5.74, 6) is -0.226. The van der Waals surface area contributed by atoms with Crippen LogP contribution in [0.3, 0.4) is 0 Å². The molecule has 1 atom stereocenters. The average molecular weight is 371 g/mol. The molecule has 0 aliphatic rings. The number of rotatable bonds is 9. The molecule has 1 aromatic carbocycles. The number of hydrogen-bond donors (Lipinski definition) is 2. The minimum Gasteiger partial charge on any atom is -0.497 e. The van der Waals surface area contributed by atoms with Crippen LogP contribution < -0.4 is 14.8 Å². The third kappa shape index (κ3) is 6.02. The van der Waals surface area contributed by atoms with Crippen LogP contribution in [0.2, 0.25) is 0 Å². The van der Waals surface area contributed by atoms with E-state index < -0.39 is 22.0 Å². The second-order valence-electron chi connectivity index (χ2n) is 5.32. The Hall–Kier alpha value is -2.13. The summed E-state index contributed by atoms with van der Waals surface area (Å²) in [6.07, 6.45) is 0. The van der Waals surface area contributed by atoms with Crippen molar-refractivity contribution in [2.45, 2.75) is 31.7 Å². The van der Waals surface area contributed by atoms with Crippen molar-refractivity contribution >= 4 is 21.8 Å². The van der Waals surface area contributed by atoms with E-state index in [0.29, 0.717) is 18.8 Å². The maximum absolute atomic E-state index is 12.4. The summed E-state index contributed by atoms with van der Waals surface area (Å²) >= 11 is 0. The van der Waals surface area contributed by atoms with Crippen LogP contribution in [0.1, 0.15) is 20.8 Å². The second-order valence-corrected chi connectivity index (χ2v) is 7.04. The predicted octanol–water partition coefficient (Wildman–Crippen LogP) is 0.347. The first kappa shape index (κ1) is 20.9. The van der Waals surface area contributed by atoms with Crippen LogP contribution in [-0.4, -0.2) is 57.9 Å². The SMILES string of the molecule is CCNC(=O)CN(CC)C(=O)[C@H](C)NS(=O)(=O)c1ccc(OC)cc1. The molecule has 2 N–H and O–H groups in total. The van der Waals surface area contributed by atoms with Gasteiger partial charge in [0, 0.05) is 13.1 Å². The normalized spacial score (nSPS) is 12.3. The molecule has 9 heteroatoms. The minimum atomic E-state index is -3.86. The molecule has 0 unspecified atom stereocenters. The Bertz CT molecular complexity index is 688. The lowest BCUT2D eigenvalue weighted by Crippen LogP contribution is -2.49. The molecule has 1 aromatic rings. The maximum Gasteiger partial charge on any atom is 0.241 e. The number of nitrogens with one attached hydrogen (secondary N) is 2. The van der Waals surface area contributed by atoms with Crippen molar-refractivity contribution in [2.24, 2.45) is 0 Å². The molecular weight excluding hydrogens is 346 g/mol. The van der Waals surface area contributed by atoms with Gasteiger partial charge in [0.2, 0.25) is 21.8 Å². The quantitative estimate of drug-likeness (QED) is 0.652. The molecule has 0 radical (unpaired) electrons. The van der Waals surface area contributed by atoms with Gasteiger partial charge in [-0.1, -0.05) is 0 Å². The van der Waals surface area contributed by atoms with Crippen molar-refractivity contribution in [1.82, 2.24) is 14.9 Å². The topological polar surface area (TPSA) is 105 Å². The maximum atomic E-state index is 12.4. The highest BCUT2D eigenvalue weighted by Gasteiger charge is 2.26. The summed E-state index contributed by atoms with van der Waals surface area (Å²) in [5, 5.41) is 2.61. The minimum absolute atomic E-state index is 0.0275. The molecule has 0 saturated carbocycles. The van der Waals surface area contributed by atoms with Gasteiger partial charge in [-0.25, -0.2) is 8.42 Å². The van der Waals surface area contributed by atoms with E-state index in [-0.39, 0.29) is 17.3 Å². The number of carbonyl (C=O) groups is 2. The first-order chi connectivity index (χ1) is 11.7. The van der Waals surface area contributed by atoms with Crippen molar-refractivity contribution in [3.05, 3.63) is 24.3 Å². The molecule has 0 heterocycles. The molecule has 0 aliphatic heterocycles. The van der Waals surface area contributed by atoms with Crippen LogP contribution in [0.4, 0.5) is 0 Å². The van der Waals surface area contributed by atoms with Crippen LogP contribution >= 0.6 is 0 Å². The lowest BCUT2D eigenvalue weighted by atomic mass is 10.3. The fraction of sp³-hybridized carbons (Fsp3) is 0.500. The van der Waals surface area contributed by atoms with Gasteiger partial charge < -0.3 is 15.0 Å². The fourth-order valence-electron chi connectivity index (χ4n) is 2.15. The number of ether oxygens (including phenoxy) is 1. The Morgan fingerprint density at radius 2 is 1.80 bits per heavy atom. The van der Waals surface area contributed by atoms with Crippen molar-refractivity contribution in [3.8, 4) is 5.75 Å². The summed E-state index contributed by atoms with van der Waals surface area (Å²) < 4.78 is 32.1. The molecule has 25 heavy (non-hydrogen) atoms. The summed E-state index contributed by atoms with van der Waals surface area (Å²) in [6.45, 7) is 5.60. The van der Waals surface area contributed by atoms with E-state index >= 15 is 0 Å². The van der Waals surface area contributed by atoms with E-state index in [4.69, 9.17) is 4.74 Å². The molecule has 0 spiro atoms. The Morgan fingerprint density at radius 1 is 1.20 bits per heavy atom. The lowest BCUT2D eigenvalue weighted by molar-refractivity contribution is -0.136. The van der Waals surface area contributed by atoms with Gasteiger partial charge >= 0.3 is 0 Å². The van der Waals surface area contributed by atoms with Crippen LogP contribution in [0.15, 0.2) is 29.2 Å². The standard InChI is InChI=1S/C16H25N3O5S/c1-5-17-15(20)11-19(6-2)16(21)12(3)18-25(22,23)14-9-7-13(24-4)8-10-14/h7-10,12,18H,5-6,11H2,1-4H3,(H,17,20)/t12-/m0/s1. The zero-order chi connectivity index (χ0) is 19.0. The lowest BCUT2D eigenvalue weighted by Gasteiger charge is -2.24. The van der Waals surface area contributed by atoms with Gasteiger partial charge in [-0.15, -0.1) is 0 Å². The average Bonchev–Trinajstić information content (AvgIpc) is 2.59. The van der Waals surface area contributed by atoms with E-state index in [1.165, 1.54) is 43.2 Å². The summed E-state index contributed by atoms with van der Waals surface area (Å²) in [7, 11) is -2.38. The molecule has 0 bridgehead atoms. The monoisotopic (exact) mass is 371 g/mol. The Kier molecular flexibility index (Phi) is 7.85. The summed E-state index contributed by atoms with van der Waals surface area (Å²) in [4.78, 5) is 25.4. The predicted molar refractivity (Wildman–Crippen MR) is 93.7 cm³/mol. The van der Waals surface area contributed by atoms with Crippen molar-refractivity contribution in [3.63, 3.8) is 0 Å². The Labute approximate surface area is 148 Å². The molecule has 1 rings (SSSR count). The van der Waals surface area contributed by atoms with E-state index in [1.807, 2.05) is 0 Å². The summed E-state index contributed by atoms with van der Waals surface area (Å²) in [5.41, 5.74) is 0. The van der Waals surface area contributed by atoms with Crippen LogP contribution in [-0.2, 0) is 19.6 Å². The van der Waals surface area contributed by atoms with Gasteiger partial charge in [0.15, 0.2) is 0 Å². The number of benzene rings is 1. The second kappa shape index (κ2) is 9.38. The third-order valence-electron chi connectivity index (χ3n) is 3.47. The summed E-state index contributed by atoms with van der Waals surface area (Å²) in [6, 6.07) is 4.83. The fourth-order valence-corrected chi connectivity index (χ4v) is 3.35. The number of nitrogens with zero attached hydrogens (tertiary/aromatic N) is 1. The first-order valence-corrected chi connectivity index (χ1v) is 9.45. The highest BCUT2D eigenvalue weighted by atomic mass is 32.2. The smallest absolute Gasteiger partial charge is 0.241 e. The van der Waals surface area contributed by atoms with Gasteiger partial charge in [-0.3, -0.25) is 9.59 Å². The third-order valence-corrected chi connectivity index (χ3v) is 5.03. The molecule has 0 aromatic heterocycles. The van der Waals surface area contributed by atoms with Crippen LogP contribution in [0.25, 0.3) is 0 Å². The molecule has 0 aliphatic carbocycles. The number of methoxy groups -OCH3 is 1.